The maximum atomic E-state index is 14.2. The van der Waals surface area contributed by atoms with Crippen LogP contribution in [0.15, 0.2) is 42.5 Å². The van der Waals surface area contributed by atoms with E-state index in [2.05, 4.69) is 50.0 Å². The summed E-state index contributed by atoms with van der Waals surface area (Å²) in [6.07, 6.45) is 13.9. The molecule has 2 aromatic carbocycles. The Hall–Kier alpha value is -2.07. The minimum atomic E-state index is -0.0980. The van der Waals surface area contributed by atoms with Gasteiger partial charge >= 0.3 is 0 Å². The van der Waals surface area contributed by atoms with Crippen molar-refractivity contribution in [2.45, 2.75) is 84.5 Å². The molecular weight excluding hydrogens is 367 g/mol. The third-order valence-corrected chi connectivity index (χ3v) is 6.52. The van der Waals surface area contributed by atoms with Crippen LogP contribution in [0.1, 0.15) is 89.2 Å². The van der Waals surface area contributed by atoms with E-state index in [1.165, 1.54) is 57.8 Å². The van der Waals surface area contributed by atoms with E-state index in [1.807, 2.05) is 12.1 Å². The van der Waals surface area contributed by atoms with E-state index >= 15 is 0 Å². The van der Waals surface area contributed by atoms with Crippen molar-refractivity contribution >= 4 is 0 Å². The van der Waals surface area contributed by atoms with Crippen molar-refractivity contribution in [2.24, 2.45) is 11.8 Å². The van der Waals surface area contributed by atoms with Gasteiger partial charge in [0.2, 0.25) is 0 Å². The zero-order chi connectivity index (χ0) is 21.2. The van der Waals surface area contributed by atoms with Crippen molar-refractivity contribution in [3.05, 3.63) is 59.4 Å². The van der Waals surface area contributed by atoms with Crippen molar-refractivity contribution < 1.29 is 4.39 Å². The lowest BCUT2D eigenvalue weighted by atomic mass is 9.80. The molecule has 0 spiro atoms. The molecule has 0 aliphatic heterocycles. The van der Waals surface area contributed by atoms with E-state index in [9.17, 15) is 4.39 Å². The van der Waals surface area contributed by atoms with Crippen LogP contribution in [-0.4, -0.2) is 0 Å². The molecule has 0 nitrogen and oxygen atoms in total. The Balaban J connectivity index is 1.51. The Morgan fingerprint density at radius 1 is 0.833 bits per heavy atom. The molecule has 0 bridgehead atoms. The first kappa shape index (κ1) is 22.6. The molecular formula is C29H37F. The van der Waals surface area contributed by atoms with Crippen molar-refractivity contribution in [3.8, 4) is 23.0 Å². The monoisotopic (exact) mass is 404 g/mol. The van der Waals surface area contributed by atoms with Crippen LogP contribution in [0.25, 0.3) is 11.1 Å². The van der Waals surface area contributed by atoms with Crippen molar-refractivity contribution in [3.63, 3.8) is 0 Å². The summed E-state index contributed by atoms with van der Waals surface area (Å²) in [7, 11) is 0. The minimum Gasteiger partial charge on any atom is -0.207 e. The van der Waals surface area contributed by atoms with Gasteiger partial charge in [-0.05, 0) is 72.9 Å². The molecule has 0 heterocycles. The molecule has 1 fully saturated rings. The first-order chi connectivity index (χ1) is 14.7. The first-order valence-electron chi connectivity index (χ1n) is 12.1. The highest BCUT2D eigenvalue weighted by Crippen LogP contribution is 2.32. The Morgan fingerprint density at radius 3 is 2.23 bits per heavy atom. The van der Waals surface area contributed by atoms with Crippen molar-refractivity contribution in [1.82, 2.24) is 0 Å². The predicted octanol–water partition coefficient (Wildman–Crippen LogP) is 8.57. The zero-order valence-corrected chi connectivity index (χ0v) is 18.9. The lowest BCUT2D eigenvalue weighted by molar-refractivity contribution is 0.294. The Morgan fingerprint density at radius 2 is 1.57 bits per heavy atom. The SMILES string of the molecule is CCCCCCC1CCC(C#Cc2ccc(-c3ccc(CCC)c(F)c3)cc2)CC1. The third kappa shape index (κ3) is 6.73. The Kier molecular flexibility index (Phi) is 9.00. The second-order valence-electron chi connectivity index (χ2n) is 8.97. The van der Waals surface area contributed by atoms with Gasteiger partial charge in [-0.15, -0.1) is 0 Å². The van der Waals surface area contributed by atoms with E-state index in [0.29, 0.717) is 5.92 Å². The third-order valence-electron chi connectivity index (χ3n) is 6.52. The van der Waals surface area contributed by atoms with Gasteiger partial charge in [-0.3, -0.25) is 0 Å². The van der Waals surface area contributed by atoms with Gasteiger partial charge < -0.3 is 0 Å². The zero-order valence-electron chi connectivity index (χ0n) is 18.9. The fraction of sp³-hybridized carbons (Fsp3) is 0.517. The fourth-order valence-electron chi connectivity index (χ4n) is 4.59. The quantitative estimate of drug-likeness (QED) is 0.305. The summed E-state index contributed by atoms with van der Waals surface area (Å²) in [5, 5.41) is 0. The highest BCUT2D eigenvalue weighted by Gasteiger charge is 2.19. The average molecular weight is 405 g/mol. The molecule has 0 atom stereocenters. The van der Waals surface area contributed by atoms with Gasteiger partial charge in [0, 0.05) is 11.5 Å². The standard InChI is InChI=1S/C29H37F/c1-3-5-6-7-9-23-10-12-24(13-11-23)14-15-25-16-18-26(19-17-25)28-21-20-27(8-4-2)29(30)22-28/h16-24H,3-13H2,1-2H3. The lowest BCUT2D eigenvalue weighted by Crippen LogP contribution is -2.13. The second kappa shape index (κ2) is 11.9. The number of hydrogen-bond acceptors (Lipinski definition) is 0. The van der Waals surface area contributed by atoms with E-state index in [0.717, 1.165) is 41.0 Å². The Bertz CT molecular complexity index is 829. The average Bonchev–Trinajstić information content (AvgIpc) is 2.78. The summed E-state index contributed by atoms with van der Waals surface area (Å²) in [5.41, 5.74) is 3.85. The molecule has 30 heavy (non-hydrogen) atoms. The lowest BCUT2D eigenvalue weighted by Gasteiger charge is -2.25. The van der Waals surface area contributed by atoms with Crippen LogP contribution >= 0.6 is 0 Å². The van der Waals surface area contributed by atoms with Gasteiger partial charge in [0.1, 0.15) is 5.82 Å². The molecule has 1 aliphatic carbocycles. The maximum absolute atomic E-state index is 14.2. The first-order valence-corrected chi connectivity index (χ1v) is 12.1. The smallest absolute Gasteiger partial charge is 0.127 e. The molecule has 0 N–H and O–H groups in total. The number of unbranched alkanes of at least 4 members (excludes halogenated alkanes) is 3. The molecule has 0 saturated heterocycles. The summed E-state index contributed by atoms with van der Waals surface area (Å²) < 4.78 is 14.2. The van der Waals surface area contributed by atoms with E-state index < -0.39 is 0 Å². The molecule has 2 aromatic rings. The minimum absolute atomic E-state index is 0.0980. The molecule has 1 saturated carbocycles. The normalized spacial score (nSPS) is 18.6. The molecule has 1 heteroatoms. The van der Waals surface area contributed by atoms with Crippen LogP contribution in [0.5, 0.6) is 0 Å². The summed E-state index contributed by atoms with van der Waals surface area (Å²) in [6, 6.07) is 13.9. The van der Waals surface area contributed by atoms with Gasteiger partial charge in [-0.1, -0.05) is 88.5 Å². The molecule has 3 rings (SSSR count). The number of hydrogen-bond donors (Lipinski definition) is 0. The number of halogens is 1. The van der Waals surface area contributed by atoms with Gasteiger partial charge in [-0.25, -0.2) is 4.39 Å². The van der Waals surface area contributed by atoms with Crippen LogP contribution in [-0.2, 0) is 6.42 Å². The van der Waals surface area contributed by atoms with Crippen molar-refractivity contribution in [2.75, 3.05) is 0 Å². The second-order valence-corrected chi connectivity index (χ2v) is 8.97. The highest BCUT2D eigenvalue weighted by molar-refractivity contribution is 5.65. The van der Waals surface area contributed by atoms with E-state index in [-0.39, 0.29) is 5.82 Å². The number of benzene rings is 2. The molecule has 0 aromatic heterocycles. The summed E-state index contributed by atoms with van der Waals surface area (Å²) in [6.45, 7) is 4.36. The summed E-state index contributed by atoms with van der Waals surface area (Å²) in [4.78, 5) is 0. The molecule has 0 radical (unpaired) electrons. The van der Waals surface area contributed by atoms with Gasteiger partial charge in [0.25, 0.3) is 0 Å². The van der Waals surface area contributed by atoms with E-state index in [1.54, 1.807) is 6.07 Å². The topological polar surface area (TPSA) is 0 Å². The maximum Gasteiger partial charge on any atom is 0.127 e. The summed E-state index contributed by atoms with van der Waals surface area (Å²) >= 11 is 0. The molecule has 0 unspecified atom stereocenters. The van der Waals surface area contributed by atoms with Crippen LogP contribution < -0.4 is 0 Å². The highest BCUT2D eigenvalue weighted by atomic mass is 19.1. The van der Waals surface area contributed by atoms with Crippen molar-refractivity contribution in [1.29, 1.82) is 0 Å². The largest absolute Gasteiger partial charge is 0.207 e. The molecule has 0 amide bonds. The summed E-state index contributed by atoms with van der Waals surface area (Å²) in [5.74, 6) is 8.28. The number of aryl methyl sites for hydroxylation is 1. The van der Waals surface area contributed by atoms with Gasteiger partial charge in [-0.2, -0.15) is 0 Å². The van der Waals surface area contributed by atoms with Crippen LogP contribution in [0, 0.1) is 29.5 Å². The van der Waals surface area contributed by atoms with E-state index in [4.69, 9.17) is 0 Å². The molecule has 1 aliphatic rings. The fourth-order valence-corrected chi connectivity index (χ4v) is 4.59. The van der Waals surface area contributed by atoms with Gasteiger partial charge in [0.15, 0.2) is 0 Å². The van der Waals surface area contributed by atoms with Crippen LogP contribution in [0.4, 0.5) is 4.39 Å². The predicted molar refractivity (Wildman–Crippen MR) is 127 cm³/mol. The molecule has 160 valence electrons. The van der Waals surface area contributed by atoms with Gasteiger partial charge in [0.05, 0.1) is 0 Å². The van der Waals surface area contributed by atoms with Crippen LogP contribution in [0.3, 0.4) is 0 Å². The number of rotatable bonds is 8. The Labute approximate surface area is 183 Å². The van der Waals surface area contributed by atoms with Crippen LogP contribution in [0.2, 0.25) is 0 Å².